The maximum atomic E-state index is 5.87. The molecule has 3 heterocycles. The van der Waals surface area contributed by atoms with E-state index in [9.17, 15) is 0 Å². The van der Waals surface area contributed by atoms with Crippen LogP contribution >= 0.6 is 0 Å². The summed E-state index contributed by atoms with van der Waals surface area (Å²) in [7, 11) is 0. The van der Waals surface area contributed by atoms with E-state index in [0.29, 0.717) is 13.2 Å². The van der Waals surface area contributed by atoms with Crippen molar-refractivity contribution in [2.75, 3.05) is 36.5 Å². The first-order chi connectivity index (χ1) is 13.1. The van der Waals surface area contributed by atoms with Gasteiger partial charge >= 0.3 is 0 Å². The Morgan fingerprint density at radius 1 is 1.11 bits per heavy atom. The van der Waals surface area contributed by atoms with E-state index in [2.05, 4.69) is 15.2 Å². The summed E-state index contributed by atoms with van der Waals surface area (Å²) < 4.78 is 17.5. The highest BCUT2D eigenvalue weighted by Crippen LogP contribution is 2.33. The summed E-state index contributed by atoms with van der Waals surface area (Å²) >= 11 is 0. The summed E-state index contributed by atoms with van der Waals surface area (Å²) in [6.45, 7) is 7.04. The van der Waals surface area contributed by atoms with E-state index in [-0.39, 0.29) is 11.9 Å². The first-order valence-electron chi connectivity index (χ1n) is 9.52. The van der Waals surface area contributed by atoms with Gasteiger partial charge in [-0.15, -0.1) is 0 Å². The number of hydrogen-bond acceptors (Lipinski definition) is 7. The van der Waals surface area contributed by atoms with E-state index in [1.165, 1.54) is 0 Å². The maximum Gasteiger partial charge on any atom is 0.227 e. The SMILES string of the molecule is CC(C)Oc1ccccc1Nc1ccnc(N2CCC3(CC2)OCCO3)n1. The van der Waals surface area contributed by atoms with Crippen LogP contribution in [0.1, 0.15) is 26.7 Å². The van der Waals surface area contributed by atoms with Crippen LogP contribution in [0.4, 0.5) is 17.5 Å². The lowest BCUT2D eigenvalue weighted by atomic mass is 10.0. The van der Waals surface area contributed by atoms with Gasteiger partial charge in [0.15, 0.2) is 5.79 Å². The van der Waals surface area contributed by atoms with Gasteiger partial charge in [0.1, 0.15) is 11.6 Å². The molecule has 2 saturated heterocycles. The number of ether oxygens (including phenoxy) is 3. The molecule has 144 valence electrons. The molecule has 0 unspecified atom stereocenters. The Kier molecular flexibility index (Phi) is 5.13. The van der Waals surface area contributed by atoms with Crippen molar-refractivity contribution in [1.82, 2.24) is 9.97 Å². The molecule has 2 aliphatic rings. The van der Waals surface area contributed by atoms with Crippen LogP contribution < -0.4 is 15.0 Å². The average Bonchev–Trinajstić information content (AvgIpc) is 3.12. The van der Waals surface area contributed by atoms with Crippen LogP contribution in [0.5, 0.6) is 5.75 Å². The van der Waals surface area contributed by atoms with Crippen molar-refractivity contribution in [1.29, 1.82) is 0 Å². The molecule has 0 amide bonds. The second kappa shape index (κ2) is 7.70. The van der Waals surface area contributed by atoms with Crippen molar-refractivity contribution < 1.29 is 14.2 Å². The number of benzene rings is 1. The molecule has 0 aliphatic carbocycles. The highest BCUT2D eigenvalue weighted by Gasteiger charge is 2.40. The third kappa shape index (κ3) is 4.14. The minimum atomic E-state index is -0.389. The predicted octanol–water partition coefficient (Wildman–Crippen LogP) is 3.35. The number of para-hydroxylation sites is 2. The molecule has 1 spiro atoms. The quantitative estimate of drug-likeness (QED) is 0.865. The normalized spacial score (nSPS) is 18.9. The Hall–Kier alpha value is -2.38. The maximum absolute atomic E-state index is 5.87. The number of piperidine rings is 1. The molecule has 1 aromatic carbocycles. The molecule has 2 fully saturated rings. The van der Waals surface area contributed by atoms with Crippen molar-refractivity contribution in [3.05, 3.63) is 36.5 Å². The van der Waals surface area contributed by atoms with Crippen LogP contribution in [0.2, 0.25) is 0 Å². The van der Waals surface area contributed by atoms with Gasteiger partial charge in [0.05, 0.1) is 25.0 Å². The lowest BCUT2D eigenvalue weighted by Gasteiger charge is -2.37. The predicted molar refractivity (Wildman–Crippen MR) is 104 cm³/mol. The van der Waals surface area contributed by atoms with Crippen LogP contribution in [0.15, 0.2) is 36.5 Å². The molecule has 27 heavy (non-hydrogen) atoms. The first kappa shape index (κ1) is 18.0. The highest BCUT2D eigenvalue weighted by atomic mass is 16.7. The highest BCUT2D eigenvalue weighted by molar-refractivity contribution is 5.64. The molecule has 0 bridgehead atoms. The van der Waals surface area contributed by atoms with E-state index in [4.69, 9.17) is 19.2 Å². The van der Waals surface area contributed by atoms with E-state index < -0.39 is 0 Å². The second-order valence-electron chi connectivity index (χ2n) is 7.12. The van der Waals surface area contributed by atoms with Crippen molar-refractivity contribution in [3.8, 4) is 5.75 Å². The third-order valence-electron chi connectivity index (χ3n) is 4.78. The van der Waals surface area contributed by atoms with Crippen LogP contribution in [0.25, 0.3) is 0 Å². The van der Waals surface area contributed by atoms with Gasteiger partial charge in [-0.25, -0.2) is 4.98 Å². The molecule has 0 radical (unpaired) electrons. The van der Waals surface area contributed by atoms with Crippen LogP contribution in [-0.4, -0.2) is 48.2 Å². The molecule has 0 saturated carbocycles. The molecule has 2 aliphatic heterocycles. The van der Waals surface area contributed by atoms with Gasteiger partial charge in [-0.3, -0.25) is 0 Å². The third-order valence-corrected chi connectivity index (χ3v) is 4.78. The Bertz CT molecular complexity index is 767. The van der Waals surface area contributed by atoms with Gasteiger partial charge in [0, 0.05) is 32.1 Å². The van der Waals surface area contributed by atoms with E-state index in [1.807, 2.05) is 44.2 Å². The fourth-order valence-corrected chi connectivity index (χ4v) is 3.47. The number of nitrogens with one attached hydrogen (secondary N) is 1. The molecule has 2 aromatic rings. The number of aromatic nitrogens is 2. The van der Waals surface area contributed by atoms with E-state index in [0.717, 1.165) is 49.1 Å². The fraction of sp³-hybridized carbons (Fsp3) is 0.500. The molecule has 7 nitrogen and oxygen atoms in total. The Balaban J connectivity index is 1.46. The monoisotopic (exact) mass is 370 g/mol. The topological polar surface area (TPSA) is 68.7 Å². The van der Waals surface area contributed by atoms with E-state index >= 15 is 0 Å². The van der Waals surface area contributed by atoms with Gasteiger partial charge in [-0.1, -0.05) is 12.1 Å². The number of nitrogens with zero attached hydrogens (tertiary/aromatic N) is 3. The van der Waals surface area contributed by atoms with Gasteiger partial charge in [0.2, 0.25) is 5.95 Å². The van der Waals surface area contributed by atoms with Crippen LogP contribution in [0, 0.1) is 0 Å². The van der Waals surface area contributed by atoms with Gasteiger partial charge in [-0.2, -0.15) is 4.98 Å². The summed E-state index contributed by atoms with van der Waals surface area (Å²) in [4.78, 5) is 11.3. The zero-order valence-corrected chi connectivity index (χ0v) is 15.9. The Morgan fingerprint density at radius 3 is 2.59 bits per heavy atom. The van der Waals surface area contributed by atoms with Crippen molar-refractivity contribution >= 4 is 17.5 Å². The molecule has 1 aromatic heterocycles. The lowest BCUT2D eigenvalue weighted by molar-refractivity contribution is -0.169. The summed E-state index contributed by atoms with van der Waals surface area (Å²) in [5, 5.41) is 3.35. The minimum Gasteiger partial charge on any atom is -0.489 e. The van der Waals surface area contributed by atoms with Crippen molar-refractivity contribution in [2.24, 2.45) is 0 Å². The molecular formula is C20H26N4O3. The zero-order chi connectivity index (χ0) is 18.7. The zero-order valence-electron chi connectivity index (χ0n) is 15.9. The van der Waals surface area contributed by atoms with Gasteiger partial charge < -0.3 is 24.4 Å². The standard InChI is InChI=1S/C20H26N4O3/c1-15(2)27-17-6-4-3-5-16(17)22-18-7-10-21-19(23-18)24-11-8-20(9-12-24)25-13-14-26-20/h3-7,10,15H,8-9,11-14H2,1-2H3,(H,21,22,23). The first-order valence-corrected chi connectivity index (χ1v) is 9.52. The minimum absolute atomic E-state index is 0.106. The average molecular weight is 370 g/mol. The summed E-state index contributed by atoms with van der Waals surface area (Å²) in [6.07, 6.45) is 3.55. The molecule has 1 N–H and O–H groups in total. The van der Waals surface area contributed by atoms with E-state index in [1.54, 1.807) is 6.20 Å². The molecular weight excluding hydrogens is 344 g/mol. The molecule has 0 atom stereocenters. The van der Waals surface area contributed by atoms with Crippen molar-refractivity contribution in [3.63, 3.8) is 0 Å². The smallest absolute Gasteiger partial charge is 0.227 e. The summed E-state index contributed by atoms with van der Waals surface area (Å²) in [5.74, 6) is 1.88. The second-order valence-corrected chi connectivity index (χ2v) is 7.12. The van der Waals surface area contributed by atoms with Gasteiger partial charge in [0.25, 0.3) is 0 Å². The molecule has 7 heteroatoms. The van der Waals surface area contributed by atoms with Crippen molar-refractivity contribution in [2.45, 2.75) is 38.6 Å². The van der Waals surface area contributed by atoms with Gasteiger partial charge in [-0.05, 0) is 32.0 Å². The van der Waals surface area contributed by atoms with Crippen LogP contribution in [0.3, 0.4) is 0 Å². The summed E-state index contributed by atoms with van der Waals surface area (Å²) in [5.41, 5.74) is 0.890. The Labute approximate surface area is 159 Å². The largest absolute Gasteiger partial charge is 0.489 e. The lowest BCUT2D eigenvalue weighted by Crippen LogP contribution is -2.45. The van der Waals surface area contributed by atoms with Crippen LogP contribution in [-0.2, 0) is 9.47 Å². The Morgan fingerprint density at radius 2 is 1.85 bits per heavy atom. The number of rotatable bonds is 5. The summed E-state index contributed by atoms with van der Waals surface area (Å²) in [6, 6.07) is 9.74. The number of hydrogen-bond donors (Lipinski definition) is 1. The number of anilines is 3. The molecule has 4 rings (SSSR count). The fourth-order valence-electron chi connectivity index (χ4n) is 3.47.